The van der Waals surface area contributed by atoms with Crippen LogP contribution in [0.5, 0.6) is 11.5 Å². The van der Waals surface area contributed by atoms with E-state index in [-0.39, 0.29) is 10.9 Å². The summed E-state index contributed by atoms with van der Waals surface area (Å²) in [5.74, 6) is 0.175. The molecule has 0 atom stereocenters. The molecule has 190 valence electrons. The second-order valence-electron chi connectivity index (χ2n) is 7.95. The van der Waals surface area contributed by atoms with Gasteiger partial charge in [0.15, 0.2) is 15.8 Å². The fraction of sp³-hybridized carbons (Fsp3) is 0.148. The van der Waals surface area contributed by atoms with Gasteiger partial charge >= 0.3 is 0 Å². The number of rotatable bonds is 8. The lowest BCUT2D eigenvalue weighted by atomic mass is 10.1. The summed E-state index contributed by atoms with van der Waals surface area (Å²) in [5, 5.41) is 2.11. The third-order valence-corrected chi connectivity index (χ3v) is 7.33. The molecule has 0 radical (unpaired) electrons. The second kappa shape index (κ2) is 12.0. The van der Waals surface area contributed by atoms with Crippen molar-refractivity contribution in [1.82, 2.24) is 10.4 Å². The Kier molecular flexibility index (Phi) is 8.76. The number of halogens is 2. The van der Waals surface area contributed by atoms with Crippen molar-refractivity contribution in [2.75, 3.05) is 6.61 Å². The molecule has 1 aliphatic heterocycles. The number of aryl methyl sites for hydroxylation is 1. The van der Waals surface area contributed by atoms with E-state index in [1.165, 1.54) is 0 Å². The number of hydrazine groups is 1. The zero-order valence-electron chi connectivity index (χ0n) is 19.9. The largest absolute Gasteiger partial charge is 0.490 e. The Bertz CT molecular complexity index is 1370. The molecule has 10 heteroatoms. The molecule has 1 heterocycles. The molecular formula is C27H22Cl2N2O4S2. The molecule has 0 unspecified atom stereocenters. The van der Waals surface area contributed by atoms with Crippen LogP contribution in [0.4, 0.5) is 0 Å². The highest BCUT2D eigenvalue weighted by Crippen LogP contribution is 2.35. The van der Waals surface area contributed by atoms with Gasteiger partial charge in [0.25, 0.3) is 11.8 Å². The average molecular weight is 574 g/mol. The van der Waals surface area contributed by atoms with Crippen molar-refractivity contribution in [3.8, 4) is 11.5 Å². The van der Waals surface area contributed by atoms with E-state index in [0.29, 0.717) is 49.7 Å². The molecule has 1 saturated heterocycles. The number of thiocarbonyl (C=S) groups is 1. The molecule has 0 saturated carbocycles. The van der Waals surface area contributed by atoms with Crippen LogP contribution in [0.1, 0.15) is 34.0 Å². The lowest BCUT2D eigenvalue weighted by Crippen LogP contribution is -2.44. The minimum Gasteiger partial charge on any atom is -0.490 e. The van der Waals surface area contributed by atoms with Gasteiger partial charge in [-0.15, -0.1) is 0 Å². The van der Waals surface area contributed by atoms with E-state index in [1.807, 2.05) is 26.0 Å². The summed E-state index contributed by atoms with van der Waals surface area (Å²) < 4.78 is 11.9. The highest BCUT2D eigenvalue weighted by atomic mass is 35.5. The number of carbonyl (C=O) groups is 2. The Morgan fingerprint density at radius 1 is 1.05 bits per heavy atom. The Morgan fingerprint density at radius 2 is 1.76 bits per heavy atom. The predicted molar refractivity (Wildman–Crippen MR) is 152 cm³/mol. The minimum absolute atomic E-state index is 0.164. The molecular weight excluding hydrogens is 551 g/mol. The third-order valence-electron chi connectivity index (χ3n) is 5.32. The molecule has 3 aromatic rings. The smallest absolute Gasteiger partial charge is 0.285 e. The SMILES string of the molecule is CCOc1cc(/C=C2\SC(=S)N(NC(=O)c3ccc(C)cc3)C2=O)ccc1OCc1c(Cl)cccc1Cl. The Hall–Kier alpha value is -3.04. The van der Waals surface area contributed by atoms with Crippen molar-refractivity contribution in [3.63, 3.8) is 0 Å². The Morgan fingerprint density at radius 3 is 2.43 bits per heavy atom. The minimum atomic E-state index is -0.420. The maximum atomic E-state index is 13.0. The average Bonchev–Trinajstić information content (AvgIpc) is 3.12. The van der Waals surface area contributed by atoms with Gasteiger partial charge in [0, 0.05) is 21.2 Å². The van der Waals surface area contributed by atoms with Gasteiger partial charge in [-0.2, -0.15) is 5.01 Å². The molecule has 6 nitrogen and oxygen atoms in total. The van der Waals surface area contributed by atoms with Crippen molar-refractivity contribution < 1.29 is 19.1 Å². The van der Waals surface area contributed by atoms with Gasteiger partial charge in [-0.05, 0) is 74.1 Å². The van der Waals surface area contributed by atoms with Gasteiger partial charge in [0.1, 0.15) is 6.61 Å². The zero-order chi connectivity index (χ0) is 26.5. The van der Waals surface area contributed by atoms with E-state index in [9.17, 15) is 9.59 Å². The summed E-state index contributed by atoms with van der Waals surface area (Å²) in [5.41, 5.74) is 5.43. The van der Waals surface area contributed by atoms with Crippen LogP contribution in [0.2, 0.25) is 10.0 Å². The molecule has 37 heavy (non-hydrogen) atoms. The van der Waals surface area contributed by atoms with Gasteiger partial charge in [0.2, 0.25) is 0 Å². The van der Waals surface area contributed by atoms with Crippen LogP contribution in [0.3, 0.4) is 0 Å². The Labute approximate surface area is 234 Å². The van der Waals surface area contributed by atoms with E-state index >= 15 is 0 Å². The fourth-order valence-corrected chi connectivity index (χ4v) is 5.09. The molecule has 0 spiro atoms. The number of hydrogen-bond donors (Lipinski definition) is 1. The topological polar surface area (TPSA) is 67.9 Å². The fourth-order valence-electron chi connectivity index (χ4n) is 3.41. The van der Waals surface area contributed by atoms with Crippen molar-refractivity contribution in [2.45, 2.75) is 20.5 Å². The van der Waals surface area contributed by atoms with E-state index in [2.05, 4.69) is 5.43 Å². The number of ether oxygens (including phenoxy) is 2. The van der Waals surface area contributed by atoms with Gasteiger partial charge in [-0.1, -0.05) is 64.8 Å². The molecule has 2 amide bonds. The van der Waals surface area contributed by atoms with Gasteiger partial charge in [-0.25, -0.2) is 0 Å². The lowest BCUT2D eigenvalue weighted by molar-refractivity contribution is -0.123. The molecule has 4 rings (SSSR count). The molecule has 1 N–H and O–H groups in total. The quantitative estimate of drug-likeness (QED) is 0.236. The van der Waals surface area contributed by atoms with Crippen LogP contribution in [0, 0.1) is 6.92 Å². The summed E-state index contributed by atoms with van der Waals surface area (Å²) in [6, 6.07) is 17.6. The number of benzene rings is 3. The van der Waals surface area contributed by atoms with Crippen LogP contribution in [0.25, 0.3) is 6.08 Å². The molecule has 0 aromatic heterocycles. The van der Waals surface area contributed by atoms with Gasteiger partial charge in [0.05, 0.1) is 11.5 Å². The number of thioether (sulfide) groups is 1. The number of nitrogens with zero attached hydrogens (tertiary/aromatic N) is 1. The maximum Gasteiger partial charge on any atom is 0.285 e. The summed E-state index contributed by atoms with van der Waals surface area (Å²) in [6.45, 7) is 4.37. The van der Waals surface area contributed by atoms with E-state index in [1.54, 1.807) is 54.6 Å². The summed E-state index contributed by atoms with van der Waals surface area (Å²) in [7, 11) is 0. The first-order valence-electron chi connectivity index (χ1n) is 11.2. The number of hydrogen-bond acceptors (Lipinski definition) is 6. The van der Waals surface area contributed by atoms with Crippen LogP contribution in [0.15, 0.2) is 65.6 Å². The number of nitrogens with one attached hydrogen (secondary N) is 1. The highest BCUT2D eigenvalue weighted by Gasteiger charge is 2.33. The highest BCUT2D eigenvalue weighted by molar-refractivity contribution is 8.26. The normalized spacial score (nSPS) is 14.3. The molecule has 1 fully saturated rings. The first-order chi connectivity index (χ1) is 17.8. The van der Waals surface area contributed by atoms with Gasteiger partial charge < -0.3 is 9.47 Å². The van der Waals surface area contributed by atoms with Crippen molar-refractivity contribution >= 4 is 69.4 Å². The van der Waals surface area contributed by atoms with Crippen LogP contribution in [-0.2, 0) is 11.4 Å². The van der Waals surface area contributed by atoms with Crippen molar-refractivity contribution in [2.24, 2.45) is 0 Å². The molecule has 3 aromatic carbocycles. The number of carbonyl (C=O) groups excluding carboxylic acids is 2. The monoisotopic (exact) mass is 572 g/mol. The summed E-state index contributed by atoms with van der Waals surface area (Å²) in [4.78, 5) is 26.0. The van der Waals surface area contributed by atoms with Crippen molar-refractivity contribution in [3.05, 3.63) is 97.9 Å². The van der Waals surface area contributed by atoms with E-state index < -0.39 is 11.8 Å². The molecule has 0 aliphatic carbocycles. The van der Waals surface area contributed by atoms with E-state index in [4.69, 9.17) is 44.9 Å². The predicted octanol–water partition coefficient (Wildman–Crippen LogP) is 6.83. The maximum absolute atomic E-state index is 13.0. The standard InChI is InChI=1S/C27H22Cl2N2O4S2/c1-3-34-23-13-17(9-12-22(23)35-15-19-20(28)5-4-6-21(19)29)14-24-26(33)31(27(36)37-24)30-25(32)18-10-7-16(2)8-11-18/h4-14H,3,15H2,1-2H3,(H,30,32)/b24-14-. The third kappa shape index (κ3) is 6.45. The molecule has 1 aliphatic rings. The Balaban J connectivity index is 1.50. The van der Waals surface area contributed by atoms with Crippen molar-refractivity contribution in [1.29, 1.82) is 0 Å². The first-order valence-corrected chi connectivity index (χ1v) is 13.2. The number of amides is 2. The van der Waals surface area contributed by atoms with E-state index in [0.717, 1.165) is 22.3 Å². The van der Waals surface area contributed by atoms with Gasteiger partial charge in [-0.3, -0.25) is 15.0 Å². The first kappa shape index (κ1) is 27.0. The van der Waals surface area contributed by atoms with Crippen LogP contribution < -0.4 is 14.9 Å². The van der Waals surface area contributed by atoms with Crippen LogP contribution in [-0.4, -0.2) is 27.8 Å². The summed E-state index contributed by atoms with van der Waals surface area (Å²) in [6.07, 6.45) is 1.69. The lowest BCUT2D eigenvalue weighted by Gasteiger charge is -2.15. The zero-order valence-corrected chi connectivity index (χ0v) is 23.1. The summed E-state index contributed by atoms with van der Waals surface area (Å²) >= 11 is 18.9. The molecule has 0 bridgehead atoms. The second-order valence-corrected chi connectivity index (χ2v) is 10.4. The van der Waals surface area contributed by atoms with Crippen LogP contribution >= 0.6 is 47.2 Å².